The molecule has 36 heavy (non-hydrogen) atoms. The highest BCUT2D eigenvalue weighted by atomic mass is 32.2. The lowest BCUT2D eigenvalue weighted by Crippen LogP contribution is -2.24. The molecule has 192 valence electrons. The molecule has 0 saturated heterocycles. The van der Waals surface area contributed by atoms with Crippen LogP contribution in [-0.2, 0) is 30.6 Å². The summed E-state index contributed by atoms with van der Waals surface area (Å²) in [5.41, 5.74) is 2.01. The Labute approximate surface area is 211 Å². The number of carbonyl (C=O) groups is 3. The van der Waals surface area contributed by atoms with Gasteiger partial charge < -0.3 is 14.8 Å². The first-order valence-corrected chi connectivity index (χ1v) is 13.6. The summed E-state index contributed by atoms with van der Waals surface area (Å²) in [4.78, 5) is 35.0. The van der Waals surface area contributed by atoms with Crippen LogP contribution in [0.4, 0.5) is 5.69 Å². The Kier molecular flexibility index (Phi) is 9.41. The molecule has 0 aliphatic heterocycles. The zero-order valence-electron chi connectivity index (χ0n) is 20.5. The number of sulfone groups is 1. The van der Waals surface area contributed by atoms with E-state index in [0.29, 0.717) is 17.7 Å². The predicted molar refractivity (Wildman–Crippen MR) is 137 cm³/mol. The van der Waals surface area contributed by atoms with E-state index in [-0.39, 0.29) is 29.1 Å². The number of aryl methyl sites for hydroxylation is 1. The lowest BCUT2D eigenvalue weighted by Gasteiger charge is -2.20. The zero-order valence-corrected chi connectivity index (χ0v) is 21.3. The van der Waals surface area contributed by atoms with Gasteiger partial charge >= 0.3 is 11.9 Å². The van der Waals surface area contributed by atoms with E-state index in [4.69, 9.17) is 9.47 Å². The highest BCUT2D eigenvalue weighted by Crippen LogP contribution is 2.29. The molecule has 1 N–H and O–H groups in total. The maximum Gasteiger partial charge on any atom is 0.308 e. The van der Waals surface area contributed by atoms with E-state index in [1.54, 1.807) is 18.2 Å². The summed E-state index contributed by atoms with van der Waals surface area (Å²) in [5, 5.41) is 4.05. The number of benzene rings is 2. The van der Waals surface area contributed by atoms with Gasteiger partial charge in [-0.15, -0.1) is 0 Å². The molecule has 1 saturated carbocycles. The number of nitrogens with one attached hydrogen (secondary N) is 1. The van der Waals surface area contributed by atoms with Crippen LogP contribution >= 0.6 is 0 Å². The Bertz CT molecular complexity index is 1230. The summed E-state index contributed by atoms with van der Waals surface area (Å²) in [7, 11) is -3.53. The number of hydrogen-bond donors (Lipinski definition) is 1. The van der Waals surface area contributed by atoms with Gasteiger partial charge in [-0.1, -0.05) is 37.5 Å². The molecule has 1 fully saturated rings. The van der Waals surface area contributed by atoms with Gasteiger partial charge in [0.05, 0.1) is 5.75 Å². The van der Waals surface area contributed by atoms with Gasteiger partial charge in [0.1, 0.15) is 0 Å². The minimum absolute atomic E-state index is 0.0212. The monoisotopic (exact) mass is 513 g/mol. The summed E-state index contributed by atoms with van der Waals surface area (Å²) in [6.45, 7) is 2.43. The Morgan fingerprint density at radius 2 is 1.56 bits per heavy atom. The molecule has 0 radical (unpaired) electrons. The highest BCUT2D eigenvalue weighted by molar-refractivity contribution is 7.94. The second-order valence-corrected chi connectivity index (χ2v) is 10.8. The molecule has 0 aromatic heterocycles. The van der Waals surface area contributed by atoms with E-state index in [1.165, 1.54) is 38.5 Å². The second kappa shape index (κ2) is 12.5. The molecular formula is C27H31NO7S. The van der Waals surface area contributed by atoms with Crippen molar-refractivity contribution in [3.8, 4) is 11.5 Å². The molecular weight excluding hydrogens is 482 g/mol. The van der Waals surface area contributed by atoms with Crippen LogP contribution in [0, 0.1) is 5.92 Å². The number of amides is 1. The van der Waals surface area contributed by atoms with Gasteiger partial charge in [-0.25, -0.2) is 8.42 Å². The molecule has 0 heterocycles. The van der Waals surface area contributed by atoms with Crippen molar-refractivity contribution < 1.29 is 32.3 Å². The summed E-state index contributed by atoms with van der Waals surface area (Å²) < 4.78 is 35.2. The van der Waals surface area contributed by atoms with Crippen molar-refractivity contribution in [2.75, 3.05) is 11.1 Å². The Hall–Kier alpha value is -3.46. The minimum atomic E-state index is -3.53. The van der Waals surface area contributed by atoms with Gasteiger partial charge in [0.25, 0.3) is 0 Å². The molecule has 2 aromatic rings. The van der Waals surface area contributed by atoms with Crippen LogP contribution < -0.4 is 14.8 Å². The third kappa shape index (κ3) is 8.64. The first-order valence-electron chi connectivity index (χ1n) is 11.9. The standard InChI is InChI=1S/C27H31NO7S/c1-19(29)34-25-13-10-22(18-26(25)35-20(2)30)15-17-36(32,33)16-14-21-8-11-24(12-9-21)28-27(31)23-6-4-3-5-7-23/h8-13,15,17-18,23H,3-7,14,16H2,1-2H3,(H,28,31)/b17-15+. The largest absolute Gasteiger partial charge is 0.423 e. The average Bonchev–Trinajstić information content (AvgIpc) is 2.84. The molecule has 1 aliphatic rings. The number of rotatable bonds is 9. The number of anilines is 1. The van der Waals surface area contributed by atoms with Crippen LogP contribution in [0.2, 0.25) is 0 Å². The molecule has 8 nitrogen and oxygen atoms in total. The third-order valence-electron chi connectivity index (χ3n) is 5.82. The maximum absolute atomic E-state index is 12.5. The quantitative estimate of drug-likeness (QED) is 0.382. The Balaban J connectivity index is 1.58. The van der Waals surface area contributed by atoms with Gasteiger partial charge in [0.2, 0.25) is 5.91 Å². The van der Waals surface area contributed by atoms with E-state index in [2.05, 4.69) is 5.32 Å². The lowest BCUT2D eigenvalue weighted by atomic mass is 9.88. The summed E-state index contributed by atoms with van der Waals surface area (Å²) in [6, 6.07) is 11.6. The first kappa shape index (κ1) is 27.1. The smallest absolute Gasteiger partial charge is 0.308 e. The molecule has 3 rings (SSSR count). The Morgan fingerprint density at radius 1 is 0.917 bits per heavy atom. The van der Waals surface area contributed by atoms with Crippen molar-refractivity contribution >= 4 is 39.4 Å². The van der Waals surface area contributed by atoms with Gasteiger partial charge in [0.15, 0.2) is 21.3 Å². The van der Waals surface area contributed by atoms with Crippen LogP contribution in [0.1, 0.15) is 57.1 Å². The second-order valence-electron chi connectivity index (χ2n) is 8.83. The number of hydrogen-bond acceptors (Lipinski definition) is 7. The van der Waals surface area contributed by atoms with Crippen molar-refractivity contribution in [3.05, 3.63) is 59.0 Å². The fourth-order valence-corrected chi connectivity index (χ4v) is 5.00. The molecule has 1 aliphatic carbocycles. The van der Waals surface area contributed by atoms with Crippen LogP contribution in [-0.4, -0.2) is 32.0 Å². The summed E-state index contributed by atoms with van der Waals surface area (Å²) in [6.07, 6.45) is 6.93. The number of carbonyl (C=O) groups excluding carboxylic acids is 3. The zero-order chi connectivity index (χ0) is 26.1. The molecule has 0 unspecified atom stereocenters. The summed E-state index contributed by atoms with van der Waals surface area (Å²) in [5.74, 6) is -1.07. The summed E-state index contributed by atoms with van der Waals surface area (Å²) >= 11 is 0. The third-order valence-corrected chi connectivity index (χ3v) is 7.14. The highest BCUT2D eigenvalue weighted by Gasteiger charge is 2.21. The number of ether oxygens (including phenoxy) is 2. The fourth-order valence-electron chi connectivity index (χ4n) is 3.98. The van der Waals surface area contributed by atoms with E-state index >= 15 is 0 Å². The van der Waals surface area contributed by atoms with Crippen molar-refractivity contribution in [1.82, 2.24) is 0 Å². The predicted octanol–water partition coefficient (Wildman–Crippen LogP) is 4.68. The first-order chi connectivity index (χ1) is 17.1. The van der Waals surface area contributed by atoms with E-state index in [0.717, 1.165) is 36.7 Å². The van der Waals surface area contributed by atoms with Crippen molar-refractivity contribution in [2.24, 2.45) is 5.92 Å². The topological polar surface area (TPSA) is 116 Å². The van der Waals surface area contributed by atoms with E-state index < -0.39 is 21.8 Å². The molecule has 9 heteroatoms. The minimum Gasteiger partial charge on any atom is -0.423 e. The number of esters is 2. The molecule has 0 bridgehead atoms. The SMILES string of the molecule is CC(=O)Oc1ccc(/C=C/S(=O)(=O)CCc2ccc(NC(=O)C3CCCCC3)cc2)cc1OC(C)=O. The van der Waals surface area contributed by atoms with Crippen LogP contribution in [0.15, 0.2) is 47.9 Å². The van der Waals surface area contributed by atoms with Gasteiger partial charge in [-0.2, -0.15) is 0 Å². The molecule has 2 aromatic carbocycles. The normalized spacial score (nSPS) is 14.4. The molecule has 1 amide bonds. The lowest BCUT2D eigenvalue weighted by molar-refractivity contribution is -0.134. The van der Waals surface area contributed by atoms with Crippen molar-refractivity contribution in [1.29, 1.82) is 0 Å². The van der Waals surface area contributed by atoms with E-state index in [9.17, 15) is 22.8 Å². The maximum atomic E-state index is 12.5. The molecule has 0 atom stereocenters. The van der Waals surface area contributed by atoms with Gasteiger partial charge in [0, 0.05) is 30.9 Å². The van der Waals surface area contributed by atoms with Crippen molar-refractivity contribution in [2.45, 2.75) is 52.4 Å². The molecule has 0 spiro atoms. The van der Waals surface area contributed by atoms with E-state index in [1.807, 2.05) is 12.1 Å². The van der Waals surface area contributed by atoms with Gasteiger partial charge in [-0.3, -0.25) is 14.4 Å². The van der Waals surface area contributed by atoms with Crippen molar-refractivity contribution in [3.63, 3.8) is 0 Å². The van der Waals surface area contributed by atoms with Gasteiger partial charge in [-0.05, 0) is 60.7 Å². The van der Waals surface area contributed by atoms with Crippen LogP contribution in [0.3, 0.4) is 0 Å². The average molecular weight is 514 g/mol. The Morgan fingerprint density at radius 3 is 2.19 bits per heavy atom. The van der Waals surface area contributed by atoms with Crippen LogP contribution in [0.25, 0.3) is 6.08 Å². The van der Waals surface area contributed by atoms with Crippen LogP contribution in [0.5, 0.6) is 11.5 Å². The fraction of sp³-hybridized carbons (Fsp3) is 0.370.